The molecule has 0 fully saturated rings. The highest BCUT2D eigenvalue weighted by Crippen LogP contribution is 2.22. The molecule has 0 amide bonds. The van der Waals surface area contributed by atoms with Crippen molar-refractivity contribution in [2.75, 3.05) is 13.7 Å². The van der Waals surface area contributed by atoms with Gasteiger partial charge in [0.05, 0.1) is 6.61 Å². The van der Waals surface area contributed by atoms with Gasteiger partial charge in [-0.25, -0.2) is 0 Å². The minimum atomic E-state index is -4.12. The number of nitrogens with one attached hydrogen (secondary N) is 1. The molecular weight excluding hydrogens is 233 g/mol. The summed E-state index contributed by atoms with van der Waals surface area (Å²) in [4.78, 5) is 3.93. The molecule has 17 heavy (non-hydrogen) atoms. The first-order valence-corrected chi connectivity index (χ1v) is 5.30. The van der Waals surface area contributed by atoms with Crippen molar-refractivity contribution in [3.8, 4) is 5.75 Å². The molecule has 0 aliphatic rings. The van der Waals surface area contributed by atoms with Gasteiger partial charge in [-0.3, -0.25) is 4.98 Å². The second-order valence-corrected chi connectivity index (χ2v) is 3.58. The molecule has 0 aliphatic carbocycles. The van der Waals surface area contributed by atoms with E-state index in [-0.39, 0.29) is 13.0 Å². The zero-order chi connectivity index (χ0) is 12.7. The number of hydrogen-bond acceptors (Lipinski definition) is 3. The quantitative estimate of drug-likeness (QED) is 0.785. The molecule has 1 aromatic heterocycles. The van der Waals surface area contributed by atoms with Crippen LogP contribution in [0.3, 0.4) is 0 Å². The molecule has 96 valence electrons. The van der Waals surface area contributed by atoms with Gasteiger partial charge in [0, 0.05) is 30.9 Å². The van der Waals surface area contributed by atoms with Crippen LogP contribution in [0.4, 0.5) is 13.2 Å². The molecule has 1 heterocycles. The molecule has 0 saturated heterocycles. The molecule has 0 bridgehead atoms. The van der Waals surface area contributed by atoms with Gasteiger partial charge in [0.1, 0.15) is 5.75 Å². The summed E-state index contributed by atoms with van der Waals surface area (Å²) in [6.45, 7) is 0.628. The molecule has 0 saturated carbocycles. The van der Waals surface area contributed by atoms with Crippen LogP contribution >= 0.6 is 0 Å². The van der Waals surface area contributed by atoms with Gasteiger partial charge >= 0.3 is 6.18 Å². The lowest BCUT2D eigenvalue weighted by molar-refractivity contribution is -0.136. The predicted molar refractivity (Wildman–Crippen MR) is 57.8 cm³/mol. The monoisotopic (exact) mass is 248 g/mol. The number of aromatic nitrogens is 1. The van der Waals surface area contributed by atoms with Crippen LogP contribution in [0.5, 0.6) is 5.75 Å². The first-order valence-electron chi connectivity index (χ1n) is 5.30. The number of halogens is 3. The SMILES string of the molecule is CNCc1cnccc1OCCCC(F)(F)F. The average molecular weight is 248 g/mol. The van der Waals surface area contributed by atoms with E-state index in [1.165, 1.54) is 0 Å². The minimum absolute atomic E-state index is 0.0369. The minimum Gasteiger partial charge on any atom is -0.493 e. The van der Waals surface area contributed by atoms with E-state index in [1.54, 1.807) is 25.5 Å². The van der Waals surface area contributed by atoms with E-state index in [4.69, 9.17) is 4.74 Å². The Hall–Kier alpha value is -1.30. The van der Waals surface area contributed by atoms with Gasteiger partial charge in [0.25, 0.3) is 0 Å². The van der Waals surface area contributed by atoms with Crippen LogP contribution in [-0.2, 0) is 6.54 Å². The van der Waals surface area contributed by atoms with E-state index in [9.17, 15) is 13.2 Å². The molecule has 3 nitrogen and oxygen atoms in total. The fourth-order valence-electron chi connectivity index (χ4n) is 1.33. The van der Waals surface area contributed by atoms with Crippen molar-refractivity contribution >= 4 is 0 Å². The maximum Gasteiger partial charge on any atom is 0.389 e. The van der Waals surface area contributed by atoms with E-state index in [0.717, 1.165) is 5.56 Å². The molecular formula is C11H15F3N2O. The Balaban J connectivity index is 2.41. The number of rotatable bonds is 6. The van der Waals surface area contributed by atoms with Crippen LogP contribution in [0.15, 0.2) is 18.5 Å². The van der Waals surface area contributed by atoms with Gasteiger partial charge in [-0.2, -0.15) is 13.2 Å². The topological polar surface area (TPSA) is 34.2 Å². The summed E-state index contributed by atoms with van der Waals surface area (Å²) in [5.41, 5.74) is 0.835. The summed E-state index contributed by atoms with van der Waals surface area (Å²) in [7, 11) is 1.78. The van der Waals surface area contributed by atoms with Crippen LogP contribution < -0.4 is 10.1 Å². The number of alkyl halides is 3. The molecule has 6 heteroatoms. The van der Waals surface area contributed by atoms with Crippen molar-refractivity contribution in [2.24, 2.45) is 0 Å². The Morgan fingerprint density at radius 1 is 1.41 bits per heavy atom. The highest BCUT2D eigenvalue weighted by Gasteiger charge is 2.26. The standard InChI is InChI=1S/C11H15F3N2O/c1-15-7-9-8-16-5-3-10(9)17-6-2-4-11(12,13)14/h3,5,8,15H,2,4,6-7H2,1H3. The van der Waals surface area contributed by atoms with Gasteiger partial charge in [0.15, 0.2) is 0 Å². The van der Waals surface area contributed by atoms with Crippen LogP contribution in [0.25, 0.3) is 0 Å². The zero-order valence-electron chi connectivity index (χ0n) is 9.55. The van der Waals surface area contributed by atoms with Crippen LogP contribution in [-0.4, -0.2) is 24.8 Å². The number of ether oxygens (including phenoxy) is 1. The smallest absolute Gasteiger partial charge is 0.389 e. The third kappa shape index (κ3) is 5.53. The van der Waals surface area contributed by atoms with E-state index >= 15 is 0 Å². The summed E-state index contributed by atoms with van der Waals surface area (Å²) < 4.78 is 41.0. The normalized spacial score (nSPS) is 11.5. The van der Waals surface area contributed by atoms with E-state index in [2.05, 4.69) is 10.3 Å². The highest BCUT2D eigenvalue weighted by atomic mass is 19.4. The van der Waals surface area contributed by atoms with E-state index < -0.39 is 12.6 Å². The molecule has 0 spiro atoms. The summed E-state index contributed by atoms with van der Waals surface area (Å²) >= 11 is 0. The third-order valence-corrected chi connectivity index (χ3v) is 2.09. The average Bonchev–Trinajstić information content (AvgIpc) is 2.25. The summed E-state index contributed by atoms with van der Waals surface area (Å²) in [6.07, 6.45) is -1.78. The molecule has 0 atom stereocenters. The van der Waals surface area contributed by atoms with E-state index in [1.807, 2.05) is 0 Å². The Morgan fingerprint density at radius 3 is 2.82 bits per heavy atom. The lowest BCUT2D eigenvalue weighted by Crippen LogP contribution is -2.11. The predicted octanol–water partition coefficient (Wildman–Crippen LogP) is 2.52. The van der Waals surface area contributed by atoms with Crippen molar-refractivity contribution < 1.29 is 17.9 Å². The molecule has 1 aromatic rings. The number of pyridine rings is 1. The van der Waals surface area contributed by atoms with Gasteiger partial charge in [-0.1, -0.05) is 0 Å². The number of hydrogen-bond donors (Lipinski definition) is 1. The van der Waals surface area contributed by atoms with Crippen LogP contribution in [0.2, 0.25) is 0 Å². The summed E-state index contributed by atoms with van der Waals surface area (Å²) in [6, 6.07) is 1.65. The van der Waals surface area contributed by atoms with Gasteiger partial charge in [-0.15, -0.1) is 0 Å². The lowest BCUT2D eigenvalue weighted by Gasteiger charge is -2.11. The highest BCUT2D eigenvalue weighted by molar-refractivity contribution is 5.29. The van der Waals surface area contributed by atoms with Gasteiger partial charge in [-0.05, 0) is 19.5 Å². The van der Waals surface area contributed by atoms with Crippen LogP contribution in [0, 0.1) is 0 Å². The molecule has 1 rings (SSSR count). The first kappa shape index (κ1) is 13.8. The Kier molecular flexibility index (Phi) is 5.21. The molecule has 0 aromatic carbocycles. The number of nitrogens with zero attached hydrogens (tertiary/aromatic N) is 1. The first-order chi connectivity index (χ1) is 8.03. The molecule has 0 unspecified atom stereocenters. The maximum atomic E-state index is 11.9. The van der Waals surface area contributed by atoms with Crippen molar-refractivity contribution in [1.29, 1.82) is 0 Å². The maximum absolute atomic E-state index is 11.9. The third-order valence-electron chi connectivity index (χ3n) is 2.09. The van der Waals surface area contributed by atoms with Crippen molar-refractivity contribution in [3.63, 3.8) is 0 Å². The fraction of sp³-hybridized carbons (Fsp3) is 0.545. The second-order valence-electron chi connectivity index (χ2n) is 3.58. The zero-order valence-corrected chi connectivity index (χ0v) is 9.55. The lowest BCUT2D eigenvalue weighted by atomic mass is 10.2. The summed E-state index contributed by atoms with van der Waals surface area (Å²) in [5, 5.41) is 2.94. The van der Waals surface area contributed by atoms with Gasteiger partial charge < -0.3 is 10.1 Å². The molecule has 1 N–H and O–H groups in total. The van der Waals surface area contributed by atoms with Gasteiger partial charge in [0.2, 0.25) is 0 Å². The molecule has 0 radical (unpaired) electrons. The van der Waals surface area contributed by atoms with Crippen molar-refractivity contribution in [2.45, 2.75) is 25.6 Å². The second kappa shape index (κ2) is 6.44. The van der Waals surface area contributed by atoms with E-state index in [0.29, 0.717) is 12.3 Å². The summed E-state index contributed by atoms with van der Waals surface area (Å²) in [5.74, 6) is 0.580. The van der Waals surface area contributed by atoms with Crippen molar-refractivity contribution in [1.82, 2.24) is 10.3 Å². The Labute approximate surface area is 98.0 Å². The Bertz CT molecular complexity index is 342. The Morgan fingerprint density at radius 2 is 2.18 bits per heavy atom. The largest absolute Gasteiger partial charge is 0.493 e. The van der Waals surface area contributed by atoms with Crippen LogP contribution in [0.1, 0.15) is 18.4 Å². The van der Waals surface area contributed by atoms with Crippen molar-refractivity contribution in [3.05, 3.63) is 24.0 Å². The molecule has 0 aliphatic heterocycles. The fourth-order valence-corrected chi connectivity index (χ4v) is 1.33.